The molecule has 0 aromatic heterocycles. The standard InChI is InChI=1S/C19H30N2O/c1-3-21-11-9-18(15(2)14-21)20-13-17-10-12-22-19(17)16-7-5-4-6-8-16/h4-8,15,17-20H,3,9-14H2,1-2H3/t15-,17-,18+,19-/m1/s1. The molecule has 0 radical (unpaired) electrons. The average Bonchev–Trinajstić information content (AvgIpc) is 3.03. The fraction of sp³-hybridized carbons (Fsp3) is 0.684. The highest BCUT2D eigenvalue weighted by Crippen LogP contribution is 2.34. The molecule has 1 aromatic carbocycles. The molecule has 122 valence electrons. The first-order valence-electron chi connectivity index (χ1n) is 8.90. The van der Waals surface area contributed by atoms with Crippen LogP contribution >= 0.6 is 0 Å². The topological polar surface area (TPSA) is 24.5 Å². The normalized spacial score (nSPS) is 33.2. The lowest BCUT2D eigenvalue weighted by molar-refractivity contribution is 0.0864. The van der Waals surface area contributed by atoms with E-state index in [4.69, 9.17) is 4.74 Å². The highest BCUT2D eigenvalue weighted by Gasteiger charge is 2.31. The third kappa shape index (κ3) is 3.70. The lowest BCUT2D eigenvalue weighted by Gasteiger charge is -2.37. The number of piperidine rings is 1. The number of hydrogen-bond donors (Lipinski definition) is 1. The van der Waals surface area contributed by atoms with E-state index in [2.05, 4.69) is 54.4 Å². The first-order valence-corrected chi connectivity index (χ1v) is 8.90. The number of ether oxygens (including phenoxy) is 1. The molecule has 0 aliphatic carbocycles. The van der Waals surface area contributed by atoms with Crippen molar-refractivity contribution in [3.63, 3.8) is 0 Å². The molecule has 3 heteroatoms. The third-order valence-electron chi connectivity index (χ3n) is 5.42. The molecule has 2 aliphatic rings. The molecule has 0 saturated carbocycles. The first-order chi connectivity index (χ1) is 10.8. The Kier molecular flexibility index (Phi) is 5.51. The van der Waals surface area contributed by atoms with E-state index in [0.29, 0.717) is 12.0 Å². The van der Waals surface area contributed by atoms with Gasteiger partial charge in [-0.15, -0.1) is 0 Å². The van der Waals surface area contributed by atoms with Crippen LogP contribution in [0.15, 0.2) is 30.3 Å². The van der Waals surface area contributed by atoms with Gasteiger partial charge in [0.1, 0.15) is 0 Å². The summed E-state index contributed by atoms with van der Waals surface area (Å²) in [5, 5.41) is 3.85. The largest absolute Gasteiger partial charge is 0.373 e. The summed E-state index contributed by atoms with van der Waals surface area (Å²) in [6.45, 7) is 10.3. The van der Waals surface area contributed by atoms with Crippen molar-refractivity contribution < 1.29 is 4.74 Å². The van der Waals surface area contributed by atoms with Gasteiger partial charge in [-0.25, -0.2) is 0 Å². The van der Waals surface area contributed by atoms with Crippen molar-refractivity contribution in [1.29, 1.82) is 0 Å². The van der Waals surface area contributed by atoms with E-state index in [0.717, 1.165) is 19.1 Å². The molecule has 2 saturated heterocycles. The highest BCUT2D eigenvalue weighted by atomic mass is 16.5. The van der Waals surface area contributed by atoms with Crippen molar-refractivity contribution in [3.05, 3.63) is 35.9 Å². The van der Waals surface area contributed by atoms with Crippen LogP contribution in [0.4, 0.5) is 0 Å². The van der Waals surface area contributed by atoms with Gasteiger partial charge in [0.05, 0.1) is 6.10 Å². The van der Waals surface area contributed by atoms with Crippen molar-refractivity contribution in [3.8, 4) is 0 Å². The molecule has 2 aliphatic heterocycles. The summed E-state index contributed by atoms with van der Waals surface area (Å²) in [6.07, 6.45) is 2.73. The van der Waals surface area contributed by atoms with Crippen LogP contribution in [0.3, 0.4) is 0 Å². The van der Waals surface area contributed by atoms with Gasteiger partial charge in [-0.3, -0.25) is 0 Å². The number of rotatable bonds is 5. The van der Waals surface area contributed by atoms with E-state index in [1.807, 2.05) is 0 Å². The number of nitrogens with zero attached hydrogens (tertiary/aromatic N) is 1. The Morgan fingerprint density at radius 2 is 2.05 bits per heavy atom. The van der Waals surface area contributed by atoms with Crippen LogP contribution in [-0.2, 0) is 4.74 Å². The highest BCUT2D eigenvalue weighted by molar-refractivity contribution is 5.19. The van der Waals surface area contributed by atoms with Gasteiger partial charge >= 0.3 is 0 Å². The number of nitrogens with one attached hydrogen (secondary N) is 1. The van der Waals surface area contributed by atoms with Crippen LogP contribution in [0.5, 0.6) is 0 Å². The maximum atomic E-state index is 6.00. The number of likely N-dealkylation sites (tertiary alicyclic amines) is 1. The van der Waals surface area contributed by atoms with E-state index in [1.165, 1.54) is 38.0 Å². The molecule has 2 heterocycles. The van der Waals surface area contributed by atoms with Crippen molar-refractivity contribution >= 4 is 0 Å². The zero-order valence-electron chi connectivity index (χ0n) is 14.0. The van der Waals surface area contributed by atoms with Crippen LogP contribution < -0.4 is 5.32 Å². The molecule has 0 spiro atoms. The van der Waals surface area contributed by atoms with Crippen LogP contribution in [0.25, 0.3) is 0 Å². The molecule has 4 atom stereocenters. The van der Waals surface area contributed by atoms with Crippen LogP contribution in [0.2, 0.25) is 0 Å². The molecule has 1 N–H and O–H groups in total. The molecular formula is C19H30N2O. The van der Waals surface area contributed by atoms with Gasteiger partial charge in [0.25, 0.3) is 0 Å². The summed E-state index contributed by atoms with van der Waals surface area (Å²) in [5.74, 6) is 1.35. The average molecular weight is 302 g/mol. The van der Waals surface area contributed by atoms with Gasteiger partial charge in [0.15, 0.2) is 0 Å². The monoisotopic (exact) mass is 302 g/mol. The fourth-order valence-corrected chi connectivity index (χ4v) is 3.98. The van der Waals surface area contributed by atoms with Crippen molar-refractivity contribution in [2.75, 3.05) is 32.8 Å². The van der Waals surface area contributed by atoms with Gasteiger partial charge in [-0.2, -0.15) is 0 Å². The van der Waals surface area contributed by atoms with Crippen LogP contribution in [0, 0.1) is 11.8 Å². The van der Waals surface area contributed by atoms with Gasteiger partial charge in [-0.1, -0.05) is 44.2 Å². The van der Waals surface area contributed by atoms with Gasteiger partial charge in [-0.05, 0) is 37.4 Å². The summed E-state index contributed by atoms with van der Waals surface area (Å²) in [5.41, 5.74) is 1.33. The van der Waals surface area contributed by atoms with Gasteiger partial charge in [0.2, 0.25) is 0 Å². The third-order valence-corrected chi connectivity index (χ3v) is 5.42. The Morgan fingerprint density at radius 1 is 1.23 bits per heavy atom. The minimum Gasteiger partial charge on any atom is -0.373 e. The van der Waals surface area contributed by atoms with Crippen molar-refractivity contribution in [2.45, 2.75) is 38.8 Å². The predicted molar refractivity (Wildman–Crippen MR) is 90.9 cm³/mol. The predicted octanol–water partition coefficient (Wildman–Crippen LogP) is 3.08. The molecule has 22 heavy (non-hydrogen) atoms. The minimum atomic E-state index is 0.278. The lowest BCUT2D eigenvalue weighted by atomic mass is 9.91. The van der Waals surface area contributed by atoms with E-state index in [1.54, 1.807) is 0 Å². The summed E-state index contributed by atoms with van der Waals surface area (Å²) < 4.78 is 6.00. The summed E-state index contributed by atoms with van der Waals surface area (Å²) in [4.78, 5) is 2.56. The summed E-state index contributed by atoms with van der Waals surface area (Å²) in [6, 6.07) is 11.4. The van der Waals surface area contributed by atoms with E-state index >= 15 is 0 Å². The summed E-state index contributed by atoms with van der Waals surface area (Å²) in [7, 11) is 0. The SMILES string of the molecule is CCN1CC[C@H](NC[C@H]2CCO[C@@H]2c2ccccc2)[C@H](C)C1. The van der Waals surface area contributed by atoms with Crippen LogP contribution in [-0.4, -0.2) is 43.7 Å². The zero-order chi connectivity index (χ0) is 15.4. The Morgan fingerprint density at radius 3 is 2.77 bits per heavy atom. The maximum absolute atomic E-state index is 6.00. The molecule has 0 unspecified atom stereocenters. The first kappa shape index (κ1) is 16.0. The van der Waals surface area contributed by atoms with E-state index in [9.17, 15) is 0 Å². The minimum absolute atomic E-state index is 0.278. The van der Waals surface area contributed by atoms with Gasteiger partial charge in [0, 0.05) is 31.7 Å². The second-order valence-corrected chi connectivity index (χ2v) is 6.92. The molecule has 0 amide bonds. The lowest BCUT2D eigenvalue weighted by Crippen LogP contribution is -2.49. The smallest absolute Gasteiger partial charge is 0.0866 e. The Labute approximate surface area is 135 Å². The molecule has 1 aromatic rings. The number of benzene rings is 1. The van der Waals surface area contributed by atoms with E-state index in [-0.39, 0.29) is 6.10 Å². The Bertz CT molecular complexity index is 450. The fourth-order valence-electron chi connectivity index (χ4n) is 3.98. The number of hydrogen-bond acceptors (Lipinski definition) is 3. The molecule has 3 nitrogen and oxygen atoms in total. The van der Waals surface area contributed by atoms with Gasteiger partial charge < -0.3 is 15.0 Å². The summed E-state index contributed by atoms with van der Waals surface area (Å²) >= 11 is 0. The second-order valence-electron chi connectivity index (χ2n) is 6.92. The maximum Gasteiger partial charge on any atom is 0.0866 e. The molecular weight excluding hydrogens is 272 g/mol. The van der Waals surface area contributed by atoms with Crippen molar-refractivity contribution in [2.24, 2.45) is 11.8 Å². The zero-order valence-corrected chi connectivity index (χ0v) is 14.0. The second kappa shape index (κ2) is 7.58. The molecule has 0 bridgehead atoms. The quantitative estimate of drug-likeness (QED) is 0.904. The molecule has 3 rings (SSSR count). The van der Waals surface area contributed by atoms with Crippen LogP contribution in [0.1, 0.15) is 38.4 Å². The Balaban J connectivity index is 1.53. The Hall–Kier alpha value is -0.900. The van der Waals surface area contributed by atoms with E-state index < -0.39 is 0 Å². The molecule has 2 fully saturated rings. The van der Waals surface area contributed by atoms with Crippen molar-refractivity contribution in [1.82, 2.24) is 10.2 Å².